The molecule has 2 aliphatic rings. The second kappa shape index (κ2) is 6.69. The molecule has 2 heterocycles. The number of fused-ring (bicyclic) bond motifs is 1. The van der Waals surface area contributed by atoms with Gasteiger partial charge in [0.15, 0.2) is 0 Å². The van der Waals surface area contributed by atoms with Crippen molar-refractivity contribution in [3.8, 4) is 5.75 Å². The lowest BCUT2D eigenvalue weighted by atomic mass is 9.83. The van der Waals surface area contributed by atoms with Gasteiger partial charge in [0.2, 0.25) is 6.41 Å². The number of nitrogens with zero attached hydrogens (tertiary/aromatic N) is 1. The number of benzene rings is 1. The molecule has 22 heavy (non-hydrogen) atoms. The zero-order valence-corrected chi connectivity index (χ0v) is 13.5. The predicted octanol–water partition coefficient (Wildman–Crippen LogP) is 3.38. The molecule has 1 amide bonds. The van der Waals surface area contributed by atoms with Crippen LogP contribution in [0, 0.1) is 0 Å². The highest BCUT2D eigenvalue weighted by atomic mass is 16.5. The Morgan fingerprint density at radius 2 is 2.05 bits per heavy atom. The van der Waals surface area contributed by atoms with Gasteiger partial charge in [-0.25, -0.2) is 0 Å². The first-order valence-corrected chi connectivity index (χ1v) is 8.44. The Labute approximate surface area is 132 Å². The third-order valence-electron chi connectivity index (χ3n) is 4.85. The maximum Gasteiger partial charge on any atom is 0.211 e. The lowest BCUT2D eigenvalue weighted by Gasteiger charge is -2.37. The Bertz CT molecular complexity index is 530. The van der Waals surface area contributed by atoms with Gasteiger partial charge in [-0.3, -0.25) is 9.69 Å². The fourth-order valence-corrected chi connectivity index (χ4v) is 3.98. The molecule has 3 rings (SSSR count). The van der Waals surface area contributed by atoms with E-state index in [4.69, 9.17) is 4.74 Å². The average molecular weight is 302 g/mol. The van der Waals surface area contributed by atoms with Gasteiger partial charge in [-0.15, -0.1) is 0 Å². The van der Waals surface area contributed by atoms with Gasteiger partial charge in [0.25, 0.3) is 0 Å². The molecule has 120 valence electrons. The van der Waals surface area contributed by atoms with Gasteiger partial charge in [-0.1, -0.05) is 6.07 Å². The normalized spacial score (nSPS) is 25.0. The predicted molar refractivity (Wildman–Crippen MR) is 88.5 cm³/mol. The van der Waals surface area contributed by atoms with Crippen LogP contribution in [0.4, 0.5) is 5.69 Å². The van der Waals surface area contributed by atoms with Crippen LogP contribution in [0.15, 0.2) is 18.2 Å². The van der Waals surface area contributed by atoms with E-state index in [9.17, 15) is 4.79 Å². The largest absolute Gasteiger partial charge is 0.489 e. The molecule has 2 saturated heterocycles. The SMILES string of the molecule is CC(C)Oc1cc([C@H]2CCCN3CCC[C@@H]23)ccc1NC=O. The molecule has 0 unspecified atom stereocenters. The fraction of sp³-hybridized carbons (Fsp3) is 0.611. The number of hydrogen-bond acceptors (Lipinski definition) is 3. The number of carbonyl (C=O) groups excluding carboxylic acids is 1. The van der Waals surface area contributed by atoms with E-state index in [1.807, 2.05) is 19.9 Å². The first kappa shape index (κ1) is 15.3. The first-order valence-electron chi connectivity index (χ1n) is 8.44. The standard InChI is InChI=1S/C18H26N2O2/c1-13(2)22-18-11-14(7-8-16(18)19-12-21)15-5-3-9-20-10-4-6-17(15)20/h7-8,11-13,15,17H,3-6,9-10H2,1-2H3,(H,19,21)/t15-,17+/m1/s1. The van der Waals surface area contributed by atoms with Crippen molar-refractivity contribution in [2.75, 3.05) is 18.4 Å². The number of ether oxygens (including phenoxy) is 1. The molecule has 2 atom stereocenters. The second-order valence-corrected chi connectivity index (χ2v) is 6.68. The van der Waals surface area contributed by atoms with Gasteiger partial charge >= 0.3 is 0 Å². The molecule has 0 saturated carbocycles. The minimum absolute atomic E-state index is 0.0942. The van der Waals surface area contributed by atoms with Crippen LogP contribution in [0.5, 0.6) is 5.75 Å². The van der Waals surface area contributed by atoms with E-state index in [0.717, 1.165) is 11.4 Å². The van der Waals surface area contributed by atoms with Crippen molar-refractivity contribution < 1.29 is 9.53 Å². The van der Waals surface area contributed by atoms with Crippen LogP contribution in [-0.2, 0) is 4.79 Å². The molecular weight excluding hydrogens is 276 g/mol. The molecule has 1 aromatic rings. The summed E-state index contributed by atoms with van der Waals surface area (Å²) >= 11 is 0. The average Bonchev–Trinajstić information content (AvgIpc) is 2.97. The number of nitrogens with one attached hydrogen (secondary N) is 1. The van der Waals surface area contributed by atoms with E-state index in [0.29, 0.717) is 18.4 Å². The van der Waals surface area contributed by atoms with Gasteiger partial charge in [-0.2, -0.15) is 0 Å². The number of piperidine rings is 1. The molecule has 0 aromatic heterocycles. The fourth-order valence-electron chi connectivity index (χ4n) is 3.98. The number of hydrogen-bond donors (Lipinski definition) is 1. The summed E-state index contributed by atoms with van der Waals surface area (Å²) in [4.78, 5) is 13.4. The molecule has 0 aliphatic carbocycles. The first-order chi connectivity index (χ1) is 10.7. The van der Waals surface area contributed by atoms with Crippen LogP contribution in [0.3, 0.4) is 0 Å². The monoisotopic (exact) mass is 302 g/mol. The molecule has 2 aliphatic heterocycles. The van der Waals surface area contributed by atoms with E-state index in [1.54, 1.807) is 0 Å². The Morgan fingerprint density at radius 3 is 2.77 bits per heavy atom. The topological polar surface area (TPSA) is 41.6 Å². The van der Waals surface area contributed by atoms with Crippen molar-refractivity contribution in [1.82, 2.24) is 4.90 Å². The van der Waals surface area contributed by atoms with Crippen LogP contribution < -0.4 is 10.1 Å². The minimum atomic E-state index is 0.0942. The quantitative estimate of drug-likeness (QED) is 0.848. The number of carbonyl (C=O) groups is 1. The zero-order valence-electron chi connectivity index (χ0n) is 13.5. The highest BCUT2D eigenvalue weighted by Crippen LogP contribution is 2.40. The maximum atomic E-state index is 10.8. The van der Waals surface area contributed by atoms with E-state index >= 15 is 0 Å². The van der Waals surface area contributed by atoms with Crippen molar-refractivity contribution in [3.05, 3.63) is 23.8 Å². The van der Waals surface area contributed by atoms with Crippen LogP contribution in [-0.4, -0.2) is 36.5 Å². The highest BCUT2D eigenvalue weighted by Gasteiger charge is 2.35. The Morgan fingerprint density at radius 1 is 1.27 bits per heavy atom. The van der Waals surface area contributed by atoms with Crippen molar-refractivity contribution >= 4 is 12.1 Å². The van der Waals surface area contributed by atoms with Gasteiger partial charge in [0, 0.05) is 6.04 Å². The van der Waals surface area contributed by atoms with Crippen molar-refractivity contribution in [3.63, 3.8) is 0 Å². The van der Waals surface area contributed by atoms with E-state index in [-0.39, 0.29) is 6.10 Å². The summed E-state index contributed by atoms with van der Waals surface area (Å²) in [6.07, 6.45) is 5.96. The minimum Gasteiger partial charge on any atom is -0.489 e. The van der Waals surface area contributed by atoms with Crippen LogP contribution in [0.2, 0.25) is 0 Å². The smallest absolute Gasteiger partial charge is 0.211 e. The van der Waals surface area contributed by atoms with Crippen molar-refractivity contribution in [1.29, 1.82) is 0 Å². The summed E-state index contributed by atoms with van der Waals surface area (Å²) in [6, 6.07) is 6.96. The maximum absolute atomic E-state index is 10.8. The van der Waals surface area contributed by atoms with Crippen LogP contribution in [0.1, 0.15) is 51.0 Å². The third-order valence-corrected chi connectivity index (χ3v) is 4.85. The summed E-state index contributed by atoms with van der Waals surface area (Å²) in [5.41, 5.74) is 2.11. The highest BCUT2D eigenvalue weighted by molar-refractivity contribution is 5.75. The molecule has 0 bridgehead atoms. The molecule has 4 nitrogen and oxygen atoms in total. The van der Waals surface area contributed by atoms with Gasteiger partial charge in [0.05, 0.1) is 11.8 Å². The van der Waals surface area contributed by atoms with Gasteiger partial charge < -0.3 is 10.1 Å². The number of amides is 1. The van der Waals surface area contributed by atoms with Crippen molar-refractivity contribution in [2.45, 2.75) is 57.6 Å². The summed E-state index contributed by atoms with van der Waals surface area (Å²) in [6.45, 7) is 6.52. The lowest BCUT2D eigenvalue weighted by molar-refractivity contribution is -0.105. The van der Waals surface area contributed by atoms with E-state index < -0.39 is 0 Å². The summed E-state index contributed by atoms with van der Waals surface area (Å²) in [7, 11) is 0. The molecule has 4 heteroatoms. The van der Waals surface area contributed by atoms with E-state index in [1.165, 1.54) is 44.3 Å². The van der Waals surface area contributed by atoms with Crippen LogP contribution >= 0.6 is 0 Å². The zero-order chi connectivity index (χ0) is 15.5. The Balaban J connectivity index is 1.88. The summed E-state index contributed by atoms with van der Waals surface area (Å²) < 4.78 is 5.91. The molecule has 1 N–H and O–H groups in total. The van der Waals surface area contributed by atoms with Gasteiger partial charge in [0.1, 0.15) is 5.75 Å². The molecule has 0 spiro atoms. The third kappa shape index (κ3) is 3.12. The summed E-state index contributed by atoms with van der Waals surface area (Å²) in [5, 5.41) is 2.74. The van der Waals surface area contributed by atoms with Gasteiger partial charge in [-0.05, 0) is 76.2 Å². The Kier molecular flexibility index (Phi) is 4.67. The number of anilines is 1. The summed E-state index contributed by atoms with van der Waals surface area (Å²) in [5.74, 6) is 1.38. The molecular formula is C18H26N2O2. The van der Waals surface area contributed by atoms with E-state index in [2.05, 4.69) is 22.3 Å². The lowest BCUT2D eigenvalue weighted by Crippen LogP contribution is -2.39. The second-order valence-electron chi connectivity index (χ2n) is 6.68. The number of rotatable bonds is 5. The van der Waals surface area contributed by atoms with Crippen LogP contribution in [0.25, 0.3) is 0 Å². The Hall–Kier alpha value is -1.55. The molecule has 0 radical (unpaired) electrons. The van der Waals surface area contributed by atoms with Crippen molar-refractivity contribution in [2.24, 2.45) is 0 Å². The molecule has 1 aromatic carbocycles. The molecule has 2 fully saturated rings.